The van der Waals surface area contributed by atoms with Gasteiger partial charge in [-0.1, -0.05) is 23.7 Å². The summed E-state index contributed by atoms with van der Waals surface area (Å²) in [5.74, 6) is -0.301. The van der Waals surface area contributed by atoms with Crippen LogP contribution in [0.5, 0.6) is 0 Å². The Labute approximate surface area is 168 Å². The summed E-state index contributed by atoms with van der Waals surface area (Å²) in [6, 6.07) is 14.7. The van der Waals surface area contributed by atoms with Crippen molar-refractivity contribution in [1.29, 1.82) is 0 Å². The van der Waals surface area contributed by atoms with E-state index in [0.29, 0.717) is 16.4 Å². The van der Waals surface area contributed by atoms with Crippen LogP contribution in [0.3, 0.4) is 0 Å². The van der Waals surface area contributed by atoms with Crippen molar-refractivity contribution in [2.45, 2.75) is 24.8 Å². The number of sulfonamides is 1. The summed E-state index contributed by atoms with van der Waals surface area (Å²) in [5.41, 5.74) is 2.29. The van der Waals surface area contributed by atoms with Gasteiger partial charge in [0.2, 0.25) is 10.0 Å². The van der Waals surface area contributed by atoms with Gasteiger partial charge in [-0.25, -0.2) is 18.2 Å². The molecule has 0 aliphatic heterocycles. The maximum atomic E-state index is 12.4. The monoisotopic (exact) mass is 418 g/mol. The van der Waals surface area contributed by atoms with E-state index in [1.807, 2.05) is 26.0 Å². The highest BCUT2D eigenvalue weighted by Crippen LogP contribution is 2.26. The zero-order valence-corrected chi connectivity index (χ0v) is 16.8. The average molecular weight is 419 g/mol. The van der Waals surface area contributed by atoms with E-state index in [0.717, 1.165) is 5.56 Å². The van der Waals surface area contributed by atoms with Gasteiger partial charge in [0.05, 0.1) is 16.3 Å². The zero-order chi connectivity index (χ0) is 20.5. The molecule has 3 aromatic rings. The largest absolute Gasteiger partial charge is 0.348 e. The second kappa shape index (κ2) is 7.75. The predicted molar refractivity (Wildman–Crippen MR) is 108 cm³/mol. The molecule has 7 nitrogen and oxygen atoms in total. The van der Waals surface area contributed by atoms with Crippen molar-refractivity contribution < 1.29 is 13.2 Å². The number of hydrogen-bond acceptors (Lipinski definition) is 4. The van der Waals surface area contributed by atoms with Crippen molar-refractivity contribution in [3.05, 3.63) is 65.3 Å². The van der Waals surface area contributed by atoms with Crippen LogP contribution in [0.1, 0.15) is 24.3 Å². The molecule has 1 heterocycles. The number of nitrogens with zero attached hydrogens (tertiary/aromatic N) is 2. The maximum Gasteiger partial charge on any atom is 0.272 e. The van der Waals surface area contributed by atoms with E-state index in [1.165, 1.54) is 12.1 Å². The van der Waals surface area contributed by atoms with Gasteiger partial charge in [-0.05, 0) is 56.3 Å². The lowest BCUT2D eigenvalue weighted by Crippen LogP contribution is -2.30. The van der Waals surface area contributed by atoms with Gasteiger partial charge >= 0.3 is 0 Å². The molecule has 1 amide bonds. The third kappa shape index (κ3) is 4.41. The molecule has 0 bridgehead atoms. The third-order valence-electron chi connectivity index (χ3n) is 3.91. The van der Waals surface area contributed by atoms with Gasteiger partial charge in [-0.3, -0.25) is 4.79 Å². The third-order valence-corrected chi connectivity index (χ3v) is 5.09. The predicted octanol–water partition coefficient (Wildman–Crippen LogP) is 2.98. The number of carbonyl (C=O) groups excluding carboxylic acids is 1. The number of nitrogens with two attached hydrogens (primary N) is 1. The molecule has 3 N–H and O–H groups in total. The van der Waals surface area contributed by atoms with E-state index in [1.54, 1.807) is 35.0 Å². The summed E-state index contributed by atoms with van der Waals surface area (Å²) in [4.78, 5) is 12.4. The highest BCUT2D eigenvalue weighted by molar-refractivity contribution is 7.89. The molecule has 0 saturated carbocycles. The Balaban J connectivity index is 2.11. The van der Waals surface area contributed by atoms with Gasteiger partial charge in [-0.2, -0.15) is 5.10 Å². The molecule has 146 valence electrons. The topological polar surface area (TPSA) is 107 Å². The van der Waals surface area contributed by atoms with E-state index in [9.17, 15) is 13.2 Å². The number of hydrogen-bond donors (Lipinski definition) is 2. The normalized spacial score (nSPS) is 11.6. The van der Waals surface area contributed by atoms with Crippen LogP contribution < -0.4 is 10.5 Å². The highest BCUT2D eigenvalue weighted by atomic mass is 35.5. The molecule has 1 aromatic heterocycles. The first kappa shape index (κ1) is 20.1. The summed E-state index contributed by atoms with van der Waals surface area (Å²) in [5, 5.41) is 13.0. The second-order valence-corrected chi connectivity index (χ2v) is 8.50. The molecule has 0 radical (unpaired) electrons. The van der Waals surface area contributed by atoms with Crippen LogP contribution in [-0.4, -0.2) is 30.1 Å². The molecule has 0 saturated heterocycles. The number of rotatable bonds is 5. The number of nitrogens with one attached hydrogen (secondary N) is 1. The van der Waals surface area contributed by atoms with Crippen LogP contribution in [0.2, 0.25) is 5.02 Å². The summed E-state index contributed by atoms with van der Waals surface area (Å²) < 4.78 is 24.5. The number of primary sulfonamides is 1. The number of halogens is 1. The fourth-order valence-electron chi connectivity index (χ4n) is 2.63. The van der Waals surface area contributed by atoms with Crippen LogP contribution in [0.4, 0.5) is 0 Å². The van der Waals surface area contributed by atoms with E-state index < -0.39 is 10.0 Å². The van der Waals surface area contributed by atoms with Crippen molar-refractivity contribution in [3.63, 3.8) is 0 Å². The number of carbonyl (C=O) groups is 1. The zero-order valence-electron chi connectivity index (χ0n) is 15.3. The highest BCUT2D eigenvalue weighted by Gasteiger charge is 2.18. The standard InChI is InChI=1S/C19H19ClN4O3S/c1-12(2)22-19(25)17-11-18(13-3-5-14(20)6-4-13)24(23-17)15-7-9-16(10-8-15)28(21,26)27/h3-12H,1-2H3,(H,22,25)(H2,21,26,27). The minimum atomic E-state index is -3.80. The van der Waals surface area contributed by atoms with Crippen LogP contribution >= 0.6 is 11.6 Å². The SMILES string of the molecule is CC(C)NC(=O)c1cc(-c2ccc(Cl)cc2)n(-c2ccc(S(N)(=O)=O)cc2)n1. The van der Waals surface area contributed by atoms with Crippen molar-refractivity contribution in [2.24, 2.45) is 5.14 Å². The minimum Gasteiger partial charge on any atom is -0.348 e. The Kier molecular flexibility index (Phi) is 5.55. The van der Waals surface area contributed by atoms with Gasteiger partial charge < -0.3 is 5.32 Å². The van der Waals surface area contributed by atoms with Gasteiger partial charge in [-0.15, -0.1) is 0 Å². The van der Waals surface area contributed by atoms with Gasteiger partial charge in [0.15, 0.2) is 5.69 Å². The molecule has 0 unspecified atom stereocenters. The molecular formula is C19H19ClN4O3S. The molecule has 0 aliphatic carbocycles. The molecule has 0 aliphatic rings. The number of aromatic nitrogens is 2. The second-order valence-electron chi connectivity index (χ2n) is 6.50. The van der Waals surface area contributed by atoms with Crippen molar-refractivity contribution in [2.75, 3.05) is 0 Å². The molecule has 0 fully saturated rings. The lowest BCUT2D eigenvalue weighted by atomic mass is 10.1. The Morgan fingerprint density at radius 2 is 1.71 bits per heavy atom. The lowest BCUT2D eigenvalue weighted by Gasteiger charge is -2.08. The summed E-state index contributed by atoms with van der Waals surface area (Å²) in [6.07, 6.45) is 0. The van der Waals surface area contributed by atoms with Crippen LogP contribution in [0.15, 0.2) is 59.5 Å². The van der Waals surface area contributed by atoms with Crippen LogP contribution in [0.25, 0.3) is 16.9 Å². The van der Waals surface area contributed by atoms with Crippen molar-refractivity contribution in [3.8, 4) is 16.9 Å². The van der Waals surface area contributed by atoms with E-state index in [2.05, 4.69) is 10.4 Å². The molecule has 0 atom stereocenters. The fourth-order valence-corrected chi connectivity index (χ4v) is 3.27. The van der Waals surface area contributed by atoms with Crippen LogP contribution in [-0.2, 0) is 10.0 Å². The van der Waals surface area contributed by atoms with E-state index in [-0.39, 0.29) is 22.5 Å². The van der Waals surface area contributed by atoms with Gasteiger partial charge in [0.1, 0.15) is 0 Å². The average Bonchev–Trinajstić information content (AvgIpc) is 3.07. The summed E-state index contributed by atoms with van der Waals surface area (Å²) in [6.45, 7) is 3.72. The first-order valence-electron chi connectivity index (χ1n) is 8.45. The maximum absolute atomic E-state index is 12.4. The first-order chi connectivity index (χ1) is 13.1. The van der Waals surface area contributed by atoms with Crippen molar-refractivity contribution >= 4 is 27.5 Å². The molecule has 28 heavy (non-hydrogen) atoms. The lowest BCUT2D eigenvalue weighted by molar-refractivity contribution is 0.0937. The smallest absolute Gasteiger partial charge is 0.272 e. The van der Waals surface area contributed by atoms with Gasteiger partial charge in [0.25, 0.3) is 5.91 Å². The van der Waals surface area contributed by atoms with Crippen molar-refractivity contribution in [1.82, 2.24) is 15.1 Å². The molecule has 2 aromatic carbocycles. The molecular weight excluding hydrogens is 400 g/mol. The Morgan fingerprint density at radius 1 is 1.11 bits per heavy atom. The van der Waals surface area contributed by atoms with E-state index in [4.69, 9.17) is 16.7 Å². The van der Waals surface area contributed by atoms with E-state index >= 15 is 0 Å². The Morgan fingerprint density at radius 3 is 2.25 bits per heavy atom. The quantitative estimate of drug-likeness (QED) is 0.664. The molecule has 9 heteroatoms. The number of amides is 1. The number of benzene rings is 2. The van der Waals surface area contributed by atoms with Gasteiger partial charge in [0, 0.05) is 16.6 Å². The molecule has 3 rings (SSSR count). The minimum absolute atomic E-state index is 0.00535. The Bertz CT molecular complexity index is 1110. The summed E-state index contributed by atoms with van der Waals surface area (Å²) in [7, 11) is -3.80. The Hall–Kier alpha value is -2.68. The van der Waals surface area contributed by atoms with Crippen LogP contribution in [0, 0.1) is 0 Å². The molecule has 0 spiro atoms. The summed E-state index contributed by atoms with van der Waals surface area (Å²) >= 11 is 5.97. The fraction of sp³-hybridized carbons (Fsp3) is 0.158. The first-order valence-corrected chi connectivity index (χ1v) is 10.4.